The van der Waals surface area contributed by atoms with E-state index in [4.69, 9.17) is 14.2 Å². The van der Waals surface area contributed by atoms with Crippen LogP contribution in [0.1, 0.15) is 35.3 Å². The smallest absolute Gasteiger partial charge is 0.338 e. The lowest BCUT2D eigenvalue weighted by molar-refractivity contribution is -0.121. The fraction of sp³-hybridized carbons (Fsp3) is 0.207. The Balaban J connectivity index is 1.55. The fourth-order valence-electron chi connectivity index (χ4n) is 3.64. The van der Waals surface area contributed by atoms with Gasteiger partial charge in [0.1, 0.15) is 12.4 Å². The number of thioether (sulfide) groups is 1. The SMILES string of the molecule is CCOC(=O)c1ccc(N=C2SC(=Cc3cc(Br)c(OCc4ccccc4F)c(OCC)c3)C(=O)N2C)cc1. The Morgan fingerprint density at radius 2 is 1.82 bits per heavy atom. The first kappa shape index (κ1) is 28.4. The topological polar surface area (TPSA) is 77.4 Å². The van der Waals surface area contributed by atoms with Gasteiger partial charge in [0.2, 0.25) is 0 Å². The molecule has 10 heteroatoms. The summed E-state index contributed by atoms with van der Waals surface area (Å²) in [4.78, 5) is 31.4. The van der Waals surface area contributed by atoms with Crippen LogP contribution in [0.25, 0.3) is 6.08 Å². The third-order valence-corrected chi connectivity index (χ3v) is 7.22. The Kier molecular flexibility index (Phi) is 9.42. The van der Waals surface area contributed by atoms with E-state index >= 15 is 0 Å². The molecule has 0 atom stereocenters. The molecule has 0 N–H and O–H groups in total. The molecule has 3 aromatic carbocycles. The van der Waals surface area contributed by atoms with Crippen molar-refractivity contribution in [3.05, 3.63) is 92.5 Å². The van der Waals surface area contributed by atoms with Crippen LogP contribution in [0, 0.1) is 5.82 Å². The second-order valence-electron chi connectivity index (χ2n) is 8.28. The minimum Gasteiger partial charge on any atom is -0.490 e. The van der Waals surface area contributed by atoms with Gasteiger partial charge in [-0.2, -0.15) is 0 Å². The number of ether oxygens (including phenoxy) is 3. The molecule has 1 aliphatic rings. The summed E-state index contributed by atoms with van der Waals surface area (Å²) >= 11 is 4.77. The average molecular weight is 614 g/mol. The van der Waals surface area contributed by atoms with E-state index in [-0.39, 0.29) is 18.3 Å². The third kappa shape index (κ3) is 6.88. The zero-order valence-corrected chi connectivity index (χ0v) is 24.0. The van der Waals surface area contributed by atoms with E-state index in [9.17, 15) is 14.0 Å². The normalized spacial score (nSPS) is 15.2. The highest BCUT2D eigenvalue weighted by Gasteiger charge is 2.30. The number of carbonyl (C=O) groups is 2. The number of hydrogen-bond donors (Lipinski definition) is 0. The summed E-state index contributed by atoms with van der Waals surface area (Å²) in [6.45, 7) is 4.33. The van der Waals surface area contributed by atoms with Crippen LogP contribution in [0.15, 0.2) is 75.0 Å². The lowest BCUT2D eigenvalue weighted by Crippen LogP contribution is -2.23. The molecule has 0 spiro atoms. The van der Waals surface area contributed by atoms with Crippen LogP contribution in [0.5, 0.6) is 11.5 Å². The van der Waals surface area contributed by atoms with Gasteiger partial charge in [-0.05, 0) is 95.6 Å². The van der Waals surface area contributed by atoms with Gasteiger partial charge in [0.05, 0.1) is 33.8 Å². The van der Waals surface area contributed by atoms with E-state index in [2.05, 4.69) is 20.9 Å². The Morgan fingerprint density at radius 3 is 2.51 bits per heavy atom. The van der Waals surface area contributed by atoms with E-state index in [1.54, 1.807) is 68.6 Å². The highest BCUT2D eigenvalue weighted by atomic mass is 79.9. The first-order chi connectivity index (χ1) is 18.8. The molecule has 202 valence electrons. The number of halogens is 2. The van der Waals surface area contributed by atoms with Crippen LogP contribution < -0.4 is 9.47 Å². The van der Waals surface area contributed by atoms with E-state index in [1.807, 2.05) is 13.0 Å². The predicted molar refractivity (Wildman–Crippen MR) is 154 cm³/mol. The Morgan fingerprint density at radius 1 is 1.08 bits per heavy atom. The Labute approximate surface area is 238 Å². The molecule has 0 saturated carbocycles. The van der Waals surface area contributed by atoms with Gasteiger partial charge in [0, 0.05) is 12.6 Å². The molecule has 39 heavy (non-hydrogen) atoms. The molecule has 0 aliphatic carbocycles. The van der Waals surface area contributed by atoms with Crippen LogP contribution in [-0.4, -0.2) is 42.2 Å². The molecule has 1 aliphatic heterocycles. The maximum atomic E-state index is 14.1. The third-order valence-electron chi connectivity index (χ3n) is 5.57. The number of amidine groups is 1. The molecule has 1 saturated heterocycles. The first-order valence-electron chi connectivity index (χ1n) is 12.2. The van der Waals surface area contributed by atoms with E-state index < -0.39 is 5.97 Å². The summed E-state index contributed by atoms with van der Waals surface area (Å²) in [5.41, 5.74) is 2.18. The fourth-order valence-corrected chi connectivity index (χ4v) is 5.20. The molecular weight excluding hydrogens is 587 g/mol. The van der Waals surface area contributed by atoms with Gasteiger partial charge in [-0.25, -0.2) is 14.2 Å². The zero-order valence-electron chi connectivity index (χ0n) is 21.6. The molecule has 1 fully saturated rings. The zero-order chi connectivity index (χ0) is 27.9. The second-order valence-corrected chi connectivity index (χ2v) is 10.1. The molecule has 0 aromatic heterocycles. The Hall–Kier alpha value is -3.63. The van der Waals surface area contributed by atoms with Crippen LogP contribution in [0.3, 0.4) is 0 Å². The van der Waals surface area contributed by atoms with Crippen molar-refractivity contribution in [2.24, 2.45) is 4.99 Å². The quantitative estimate of drug-likeness (QED) is 0.192. The van der Waals surface area contributed by atoms with Crippen molar-refractivity contribution in [1.82, 2.24) is 4.90 Å². The monoisotopic (exact) mass is 612 g/mol. The number of benzene rings is 3. The van der Waals surface area contributed by atoms with Crippen molar-refractivity contribution in [2.75, 3.05) is 20.3 Å². The summed E-state index contributed by atoms with van der Waals surface area (Å²) < 4.78 is 31.4. The number of hydrogen-bond acceptors (Lipinski definition) is 7. The van der Waals surface area contributed by atoms with E-state index in [0.29, 0.717) is 61.6 Å². The maximum absolute atomic E-state index is 14.1. The molecule has 4 rings (SSSR count). The van der Waals surface area contributed by atoms with Crippen molar-refractivity contribution < 1.29 is 28.2 Å². The number of esters is 1. The van der Waals surface area contributed by atoms with Crippen molar-refractivity contribution >= 4 is 56.5 Å². The standard InChI is InChI=1S/C29H26BrFN2O5S/c1-4-36-24-15-18(14-22(30)26(24)38-17-20-8-6-7-9-23(20)31)16-25-27(34)33(3)29(39-25)32-21-12-10-19(11-13-21)28(35)37-5-2/h6-16H,4-5,17H2,1-3H3. The van der Waals surface area contributed by atoms with Crippen molar-refractivity contribution in [2.45, 2.75) is 20.5 Å². The largest absolute Gasteiger partial charge is 0.490 e. The molecule has 1 amide bonds. The maximum Gasteiger partial charge on any atom is 0.338 e. The molecule has 0 unspecified atom stereocenters. The van der Waals surface area contributed by atoms with Gasteiger partial charge in [0.25, 0.3) is 5.91 Å². The van der Waals surface area contributed by atoms with Gasteiger partial charge in [0.15, 0.2) is 16.7 Å². The highest BCUT2D eigenvalue weighted by Crippen LogP contribution is 2.40. The summed E-state index contributed by atoms with van der Waals surface area (Å²) in [5, 5.41) is 0.504. The molecular formula is C29H26BrFN2O5S. The van der Waals surface area contributed by atoms with Crippen LogP contribution in [0.2, 0.25) is 0 Å². The predicted octanol–water partition coefficient (Wildman–Crippen LogP) is 6.98. The van der Waals surface area contributed by atoms with Gasteiger partial charge in [-0.3, -0.25) is 9.69 Å². The molecule has 0 radical (unpaired) electrons. The number of amides is 1. The lowest BCUT2D eigenvalue weighted by atomic mass is 10.1. The van der Waals surface area contributed by atoms with Gasteiger partial charge >= 0.3 is 5.97 Å². The van der Waals surface area contributed by atoms with Crippen LogP contribution in [-0.2, 0) is 16.1 Å². The summed E-state index contributed by atoms with van der Waals surface area (Å²) in [6, 6.07) is 16.7. The molecule has 0 bridgehead atoms. The number of nitrogens with zero attached hydrogens (tertiary/aromatic N) is 2. The van der Waals surface area contributed by atoms with Gasteiger partial charge < -0.3 is 14.2 Å². The number of likely N-dealkylation sites (N-methyl/N-ethyl adjacent to an activating group) is 1. The van der Waals surface area contributed by atoms with Gasteiger partial charge in [-0.1, -0.05) is 18.2 Å². The van der Waals surface area contributed by atoms with Crippen molar-refractivity contribution in [3.63, 3.8) is 0 Å². The number of carbonyl (C=O) groups excluding carboxylic acids is 2. The molecule has 3 aromatic rings. The summed E-state index contributed by atoms with van der Waals surface area (Å²) in [6.07, 6.45) is 1.75. The minimum atomic E-state index is -0.398. The molecule has 1 heterocycles. The van der Waals surface area contributed by atoms with Crippen LogP contribution in [0.4, 0.5) is 10.1 Å². The molecule has 7 nitrogen and oxygen atoms in total. The van der Waals surface area contributed by atoms with Crippen molar-refractivity contribution in [1.29, 1.82) is 0 Å². The average Bonchev–Trinajstić information content (AvgIpc) is 3.17. The van der Waals surface area contributed by atoms with Crippen LogP contribution >= 0.6 is 27.7 Å². The van der Waals surface area contributed by atoms with E-state index in [0.717, 1.165) is 0 Å². The van der Waals surface area contributed by atoms with E-state index in [1.165, 1.54) is 22.7 Å². The minimum absolute atomic E-state index is 0.0332. The van der Waals surface area contributed by atoms with Gasteiger partial charge in [-0.15, -0.1) is 0 Å². The number of rotatable bonds is 9. The number of aliphatic imine (C=N–C) groups is 1. The first-order valence-corrected chi connectivity index (χ1v) is 13.8. The second kappa shape index (κ2) is 12.9. The summed E-state index contributed by atoms with van der Waals surface area (Å²) in [5.74, 6) is -0.0319. The Bertz CT molecular complexity index is 1440. The van der Waals surface area contributed by atoms with Crippen molar-refractivity contribution in [3.8, 4) is 11.5 Å². The lowest BCUT2D eigenvalue weighted by Gasteiger charge is -2.15. The summed E-state index contributed by atoms with van der Waals surface area (Å²) in [7, 11) is 1.66. The highest BCUT2D eigenvalue weighted by molar-refractivity contribution is 9.10.